The first-order valence-corrected chi connectivity index (χ1v) is 5.13. The van der Waals surface area contributed by atoms with Crippen LogP contribution in [0.5, 0.6) is 0 Å². The molecular formula is C10H16N4O3. The Labute approximate surface area is 98.7 Å². The number of amides is 1. The fourth-order valence-corrected chi connectivity index (χ4v) is 1.27. The van der Waals surface area contributed by atoms with Gasteiger partial charge in [0, 0.05) is 0 Å². The molecule has 94 valence electrons. The van der Waals surface area contributed by atoms with Gasteiger partial charge in [0.05, 0.1) is 18.5 Å². The summed E-state index contributed by atoms with van der Waals surface area (Å²) in [4.78, 5) is 22.7. The molecule has 0 aliphatic rings. The van der Waals surface area contributed by atoms with Gasteiger partial charge in [-0.1, -0.05) is 0 Å². The van der Waals surface area contributed by atoms with Crippen LogP contribution in [0.1, 0.15) is 31.3 Å². The number of carbonyl (C=O) groups is 2. The lowest BCUT2D eigenvalue weighted by Gasteiger charge is -2.22. The van der Waals surface area contributed by atoms with Gasteiger partial charge in [-0.25, -0.2) is 4.79 Å². The van der Waals surface area contributed by atoms with Gasteiger partial charge >= 0.3 is 5.97 Å². The normalized spacial score (nSPS) is 11.2. The van der Waals surface area contributed by atoms with Crippen molar-refractivity contribution in [2.45, 2.75) is 26.3 Å². The van der Waals surface area contributed by atoms with Gasteiger partial charge in [0.2, 0.25) is 0 Å². The molecule has 0 spiro atoms. The third-order valence-electron chi connectivity index (χ3n) is 2.32. The van der Waals surface area contributed by atoms with Crippen LogP contribution in [0.2, 0.25) is 0 Å². The van der Waals surface area contributed by atoms with E-state index in [2.05, 4.69) is 5.10 Å². The average Bonchev–Trinajstić information content (AvgIpc) is 2.61. The molecule has 0 radical (unpaired) electrons. The fraction of sp³-hybridized carbons (Fsp3) is 0.500. The van der Waals surface area contributed by atoms with Crippen LogP contribution in [-0.4, -0.2) is 28.3 Å². The van der Waals surface area contributed by atoms with Crippen LogP contribution >= 0.6 is 0 Å². The molecule has 0 unspecified atom stereocenters. The van der Waals surface area contributed by atoms with Crippen molar-refractivity contribution in [2.75, 3.05) is 12.3 Å². The molecular weight excluding hydrogens is 224 g/mol. The van der Waals surface area contributed by atoms with Crippen molar-refractivity contribution in [1.82, 2.24) is 9.78 Å². The monoisotopic (exact) mass is 240 g/mol. The summed E-state index contributed by atoms with van der Waals surface area (Å²) in [7, 11) is 0. The van der Waals surface area contributed by atoms with Crippen molar-refractivity contribution in [2.24, 2.45) is 5.73 Å². The van der Waals surface area contributed by atoms with Crippen molar-refractivity contribution in [3.05, 3.63) is 11.9 Å². The summed E-state index contributed by atoms with van der Waals surface area (Å²) >= 11 is 0. The molecule has 0 fully saturated rings. The molecule has 7 heteroatoms. The molecule has 17 heavy (non-hydrogen) atoms. The standard InChI is InChI=1S/C10H16N4O3/c1-4-17-9(16)10(2,3)14-5-6(11)7(13-14)8(12)15/h5H,4,11H2,1-3H3,(H2,12,15). The maximum atomic E-state index is 11.7. The Bertz CT molecular complexity index is 450. The van der Waals surface area contributed by atoms with Crippen LogP contribution in [-0.2, 0) is 15.1 Å². The first-order chi connectivity index (χ1) is 7.80. The second kappa shape index (κ2) is 4.44. The molecule has 0 atom stereocenters. The van der Waals surface area contributed by atoms with Gasteiger partial charge in [-0.2, -0.15) is 5.10 Å². The van der Waals surface area contributed by atoms with Crippen LogP contribution in [0.3, 0.4) is 0 Å². The van der Waals surface area contributed by atoms with E-state index in [1.807, 2.05) is 0 Å². The molecule has 0 bridgehead atoms. The zero-order chi connectivity index (χ0) is 13.2. The van der Waals surface area contributed by atoms with Crippen LogP contribution in [0, 0.1) is 0 Å². The number of rotatable bonds is 4. The van der Waals surface area contributed by atoms with Crippen LogP contribution in [0.4, 0.5) is 5.69 Å². The first kappa shape index (κ1) is 13.0. The minimum atomic E-state index is -1.04. The first-order valence-electron chi connectivity index (χ1n) is 5.13. The van der Waals surface area contributed by atoms with E-state index >= 15 is 0 Å². The molecule has 1 aromatic heterocycles. The Morgan fingerprint density at radius 3 is 2.53 bits per heavy atom. The zero-order valence-electron chi connectivity index (χ0n) is 10.1. The Kier molecular flexibility index (Phi) is 3.40. The number of hydrogen-bond acceptors (Lipinski definition) is 5. The highest BCUT2D eigenvalue weighted by Crippen LogP contribution is 2.20. The summed E-state index contributed by atoms with van der Waals surface area (Å²) in [5.74, 6) is -1.19. The van der Waals surface area contributed by atoms with Crippen molar-refractivity contribution < 1.29 is 14.3 Å². The largest absolute Gasteiger partial charge is 0.464 e. The van der Waals surface area contributed by atoms with E-state index in [0.717, 1.165) is 0 Å². The molecule has 1 amide bonds. The van der Waals surface area contributed by atoms with Gasteiger partial charge in [0.1, 0.15) is 0 Å². The molecule has 1 heterocycles. The van der Waals surface area contributed by atoms with E-state index in [9.17, 15) is 9.59 Å². The number of carbonyl (C=O) groups excluding carboxylic acids is 2. The molecule has 0 saturated carbocycles. The predicted molar refractivity (Wildman–Crippen MR) is 61.1 cm³/mol. The van der Waals surface area contributed by atoms with Gasteiger partial charge < -0.3 is 16.2 Å². The van der Waals surface area contributed by atoms with Crippen molar-refractivity contribution in [3.8, 4) is 0 Å². The summed E-state index contributed by atoms with van der Waals surface area (Å²) in [6, 6.07) is 0. The number of nitrogens with zero attached hydrogens (tertiary/aromatic N) is 2. The third kappa shape index (κ3) is 2.38. The number of hydrogen-bond donors (Lipinski definition) is 2. The van der Waals surface area contributed by atoms with E-state index in [4.69, 9.17) is 16.2 Å². The maximum Gasteiger partial charge on any atom is 0.333 e. The van der Waals surface area contributed by atoms with Crippen LogP contribution < -0.4 is 11.5 Å². The van der Waals surface area contributed by atoms with E-state index < -0.39 is 17.4 Å². The van der Waals surface area contributed by atoms with Crippen molar-refractivity contribution in [1.29, 1.82) is 0 Å². The molecule has 0 aliphatic heterocycles. The molecule has 0 aromatic carbocycles. The van der Waals surface area contributed by atoms with E-state index in [-0.39, 0.29) is 18.0 Å². The zero-order valence-corrected chi connectivity index (χ0v) is 10.1. The summed E-state index contributed by atoms with van der Waals surface area (Å²) in [5.41, 5.74) is 9.71. The minimum Gasteiger partial charge on any atom is -0.464 e. The molecule has 1 aromatic rings. The fourth-order valence-electron chi connectivity index (χ4n) is 1.27. The number of nitrogen functional groups attached to an aromatic ring is 1. The Balaban J connectivity index is 3.11. The summed E-state index contributed by atoms with van der Waals surface area (Å²) in [6.07, 6.45) is 1.39. The lowest BCUT2D eigenvalue weighted by molar-refractivity contribution is -0.152. The van der Waals surface area contributed by atoms with Crippen LogP contribution in [0.25, 0.3) is 0 Å². The van der Waals surface area contributed by atoms with Gasteiger partial charge in [0.15, 0.2) is 11.2 Å². The quantitative estimate of drug-likeness (QED) is 0.711. The number of esters is 1. The number of ether oxygens (including phenoxy) is 1. The number of aromatic nitrogens is 2. The summed E-state index contributed by atoms with van der Waals surface area (Å²) < 4.78 is 6.19. The molecule has 0 aliphatic carbocycles. The van der Waals surface area contributed by atoms with Gasteiger partial charge in [-0.15, -0.1) is 0 Å². The van der Waals surface area contributed by atoms with E-state index in [0.29, 0.717) is 0 Å². The highest BCUT2D eigenvalue weighted by atomic mass is 16.5. The van der Waals surface area contributed by atoms with Gasteiger partial charge in [-0.05, 0) is 20.8 Å². The number of primary amides is 1. The smallest absolute Gasteiger partial charge is 0.333 e. The average molecular weight is 240 g/mol. The predicted octanol–water partition coefficient (Wildman–Crippen LogP) is -0.138. The third-order valence-corrected chi connectivity index (χ3v) is 2.32. The van der Waals surface area contributed by atoms with Gasteiger partial charge in [0.25, 0.3) is 5.91 Å². The number of anilines is 1. The highest BCUT2D eigenvalue weighted by Gasteiger charge is 2.33. The van der Waals surface area contributed by atoms with Crippen molar-refractivity contribution in [3.63, 3.8) is 0 Å². The summed E-state index contributed by atoms with van der Waals surface area (Å²) in [5, 5.41) is 3.90. The summed E-state index contributed by atoms with van der Waals surface area (Å²) in [6.45, 7) is 5.20. The lowest BCUT2D eigenvalue weighted by atomic mass is 10.1. The maximum absolute atomic E-state index is 11.7. The van der Waals surface area contributed by atoms with Crippen LogP contribution in [0.15, 0.2) is 6.20 Å². The van der Waals surface area contributed by atoms with E-state index in [1.54, 1.807) is 20.8 Å². The second-order valence-corrected chi connectivity index (χ2v) is 4.02. The highest BCUT2D eigenvalue weighted by molar-refractivity contribution is 5.95. The minimum absolute atomic E-state index is 0.0534. The molecule has 4 N–H and O–H groups in total. The Hall–Kier alpha value is -2.05. The Morgan fingerprint density at radius 1 is 1.53 bits per heavy atom. The van der Waals surface area contributed by atoms with E-state index in [1.165, 1.54) is 10.9 Å². The molecule has 0 saturated heterocycles. The van der Waals surface area contributed by atoms with Gasteiger partial charge in [-0.3, -0.25) is 9.48 Å². The number of nitrogens with two attached hydrogens (primary N) is 2. The SMILES string of the molecule is CCOC(=O)C(C)(C)n1cc(N)c(C(N)=O)n1. The van der Waals surface area contributed by atoms with Crippen molar-refractivity contribution >= 4 is 17.6 Å². The Morgan fingerprint density at radius 2 is 2.12 bits per heavy atom. The lowest BCUT2D eigenvalue weighted by Crippen LogP contribution is -2.38. The second-order valence-electron chi connectivity index (χ2n) is 4.02. The molecule has 7 nitrogen and oxygen atoms in total. The molecule has 1 rings (SSSR count). The topological polar surface area (TPSA) is 113 Å².